The van der Waals surface area contributed by atoms with Crippen molar-refractivity contribution in [2.45, 2.75) is 37.5 Å². The number of aromatic nitrogens is 2. The molecule has 2 N–H and O–H groups in total. The summed E-state index contributed by atoms with van der Waals surface area (Å²) >= 11 is 0. The molecule has 5 nitrogen and oxygen atoms in total. The van der Waals surface area contributed by atoms with E-state index in [1.807, 2.05) is 17.7 Å². The Morgan fingerprint density at radius 3 is 2.71 bits per heavy atom. The second-order valence-corrected chi connectivity index (χ2v) is 6.11. The van der Waals surface area contributed by atoms with Crippen molar-refractivity contribution in [2.75, 3.05) is 12.8 Å². The number of nitrogen functional groups attached to an aromatic ring is 1. The number of nitrogens with two attached hydrogens (primary N) is 1. The first-order valence-corrected chi connectivity index (χ1v) is 8.28. The van der Waals surface area contributed by atoms with Gasteiger partial charge in [-0.05, 0) is 37.6 Å². The van der Waals surface area contributed by atoms with Gasteiger partial charge in [0.05, 0.1) is 39.9 Å². The fourth-order valence-electron chi connectivity index (χ4n) is 2.13. The highest BCUT2D eigenvalue weighted by atomic mass is 32.2. The zero-order valence-electron chi connectivity index (χ0n) is 12.6. The van der Waals surface area contributed by atoms with Crippen LogP contribution in [0.4, 0.5) is 5.69 Å². The van der Waals surface area contributed by atoms with Crippen molar-refractivity contribution in [1.82, 2.24) is 9.78 Å². The number of hydrogen-bond donors (Lipinski definition) is 1. The van der Waals surface area contributed by atoms with E-state index in [-0.39, 0.29) is 0 Å². The molecule has 1 aromatic carbocycles. The van der Waals surface area contributed by atoms with E-state index < -0.39 is 10.8 Å². The molecule has 0 spiro atoms. The maximum Gasteiger partial charge on any atom is 0.120 e. The van der Waals surface area contributed by atoms with Crippen LogP contribution < -0.4 is 10.5 Å². The van der Waals surface area contributed by atoms with Gasteiger partial charge in [-0.25, -0.2) is 0 Å². The Morgan fingerprint density at radius 2 is 2.10 bits per heavy atom. The predicted molar refractivity (Wildman–Crippen MR) is 84.8 cm³/mol. The lowest BCUT2D eigenvalue weighted by atomic mass is 10.3. The molecule has 6 heteroatoms. The van der Waals surface area contributed by atoms with Gasteiger partial charge in [-0.1, -0.05) is 6.92 Å². The molecule has 0 amide bonds. The number of rotatable bonds is 6. The van der Waals surface area contributed by atoms with Crippen LogP contribution in [-0.2, 0) is 29.5 Å². The molecule has 0 aliphatic carbocycles. The van der Waals surface area contributed by atoms with E-state index in [1.54, 1.807) is 25.3 Å². The highest BCUT2D eigenvalue weighted by Crippen LogP contribution is 2.24. The minimum absolute atomic E-state index is 0.401. The van der Waals surface area contributed by atoms with Crippen LogP contribution >= 0.6 is 0 Å². The Kier molecular flexibility index (Phi) is 5.01. The largest absolute Gasteiger partial charge is 0.497 e. The van der Waals surface area contributed by atoms with Crippen molar-refractivity contribution in [3.05, 3.63) is 35.7 Å². The number of hydrogen-bond acceptors (Lipinski definition) is 4. The van der Waals surface area contributed by atoms with E-state index in [0.717, 1.165) is 24.4 Å². The lowest BCUT2D eigenvalue weighted by molar-refractivity contribution is 0.413. The average molecular weight is 307 g/mol. The number of aryl methyl sites for hydroxylation is 2. The molecule has 1 unspecified atom stereocenters. The van der Waals surface area contributed by atoms with E-state index in [0.29, 0.717) is 22.1 Å². The number of methoxy groups -OCH3 is 1. The van der Waals surface area contributed by atoms with Crippen LogP contribution in [0.25, 0.3) is 0 Å². The summed E-state index contributed by atoms with van der Waals surface area (Å²) < 4.78 is 19.7. The maximum atomic E-state index is 12.6. The van der Waals surface area contributed by atoms with Gasteiger partial charge >= 0.3 is 0 Å². The molecular formula is C15H21N3O2S. The van der Waals surface area contributed by atoms with Crippen LogP contribution in [0.5, 0.6) is 5.75 Å². The summed E-state index contributed by atoms with van der Waals surface area (Å²) in [5.74, 6) is 1.06. The van der Waals surface area contributed by atoms with E-state index in [4.69, 9.17) is 10.5 Å². The number of benzene rings is 1. The second kappa shape index (κ2) is 6.76. The molecule has 1 atom stereocenters. The maximum absolute atomic E-state index is 12.6. The lowest BCUT2D eigenvalue weighted by Gasteiger charge is -2.09. The van der Waals surface area contributed by atoms with Crippen molar-refractivity contribution in [1.29, 1.82) is 0 Å². The first-order valence-electron chi connectivity index (χ1n) is 6.96. The number of anilines is 1. The minimum atomic E-state index is -1.22. The zero-order valence-corrected chi connectivity index (χ0v) is 13.4. The topological polar surface area (TPSA) is 70.1 Å². The molecule has 2 aromatic rings. The number of nitrogens with zero attached hydrogens (tertiary/aromatic N) is 2. The summed E-state index contributed by atoms with van der Waals surface area (Å²) in [5.41, 5.74) is 8.43. The van der Waals surface area contributed by atoms with E-state index in [2.05, 4.69) is 12.0 Å². The monoisotopic (exact) mass is 307 g/mol. The van der Waals surface area contributed by atoms with Crippen LogP contribution in [0.15, 0.2) is 29.2 Å². The van der Waals surface area contributed by atoms with Crippen molar-refractivity contribution >= 4 is 16.5 Å². The normalized spacial score (nSPS) is 12.3. The van der Waals surface area contributed by atoms with Crippen LogP contribution in [0, 0.1) is 0 Å². The fraction of sp³-hybridized carbons (Fsp3) is 0.400. The SMILES string of the molecule is CCc1cc(CS(=O)c2cc(OC)ccc2N)n(CC)n1. The van der Waals surface area contributed by atoms with Gasteiger partial charge in [0, 0.05) is 12.2 Å². The molecule has 21 heavy (non-hydrogen) atoms. The lowest BCUT2D eigenvalue weighted by Crippen LogP contribution is -2.07. The van der Waals surface area contributed by atoms with Gasteiger partial charge < -0.3 is 10.5 Å². The van der Waals surface area contributed by atoms with Gasteiger partial charge in [0.15, 0.2) is 0 Å². The summed E-state index contributed by atoms with van der Waals surface area (Å²) in [6, 6.07) is 7.23. The molecule has 114 valence electrons. The Hall–Kier alpha value is -1.82. The molecule has 0 aliphatic rings. The molecule has 1 aromatic heterocycles. The van der Waals surface area contributed by atoms with Crippen LogP contribution in [0.2, 0.25) is 0 Å². The molecule has 0 saturated heterocycles. The van der Waals surface area contributed by atoms with Gasteiger partial charge in [-0.15, -0.1) is 0 Å². The molecule has 0 fully saturated rings. The third-order valence-corrected chi connectivity index (χ3v) is 4.72. The summed E-state index contributed by atoms with van der Waals surface area (Å²) in [7, 11) is 0.357. The quantitative estimate of drug-likeness (QED) is 0.832. The van der Waals surface area contributed by atoms with Gasteiger partial charge in [0.25, 0.3) is 0 Å². The van der Waals surface area contributed by atoms with Gasteiger partial charge in [0.1, 0.15) is 5.75 Å². The van der Waals surface area contributed by atoms with Crippen molar-refractivity contribution in [3.8, 4) is 5.75 Å². The zero-order chi connectivity index (χ0) is 15.4. The first kappa shape index (κ1) is 15.6. The summed E-state index contributed by atoms with van der Waals surface area (Å²) in [4.78, 5) is 0.608. The first-order chi connectivity index (χ1) is 10.1. The summed E-state index contributed by atoms with van der Waals surface area (Å²) in [6.07, 6.45) is 0.869. The van der Waals surface area contributed by atoms with Crippen molar-refractivity contribution < 1.29 is 8.95 Å². The average Bonchev–Trinajstić information content (AvgIpc) is 2.89. The molecule has 0 radical (unpaired) electrons. The van der Waals surface area contributed by atoms with Gasteiger partial charge in [-0.2, -0.15) is 5.10 Å². The highest BCUT2D eigenvalue weighted by Gasteiger charge is 2.14. The van der Waals surface area contributed by atoms with E-state index in [1.165, 1.54) is 0 Å². The molecule has 2 rings (SSSR count). The Morgan fingerprint density at radius 1 is 1.33 bits per heavy atom. The van der Waals surface area contributed by atoms with E-state index >= 15 is 0 Å². The Labute approximate surface area is 127 Å². The molecule has 1 heterocycles. The van der Waals surface area contributed by atoms with Crippen molar-refractivity contribution in [2.24, 2.45) is 0 Å². The van der Waals surface area contributed by atoms with Crippen LogP contribution in [-0.4, -0.2) is 21.1 Å². The fourth-order valence-corrected chi connectivity index (χ4v) is 3.36. The van der Waals surface area contributed by atoms with Crippen molar-refractivity contribution in [3.63, 3.8) is 0 Å². The summed E-state index contributed by atoms with van der Waals surface area (Å²) in [6.45, 7) is 4.85. The highest BCUT2D eigenvalue weighted by molar-refractivity contribution is 7.84. The molecule has 0 aliphatic heterocycles. The van der Waals surface area contributed by atoms with Gasteiger partial charge in [0.2, 0.25) is 0 Å². The molecule has 0 saturated carbocycles. The van der Waals surface area contributed by atoms with E-state index in [9.17, 15) is 4.21 Å². The second-order valence-electron chi connectivity index (χ2n) is 4.69. The smallest absolute Gasteiger partial charge is 0.120 e. The van der Waals surface area contributed by atoms with Crippen LogP contribution in [0.1, 0.15) is 25.2 Å². The molecule has 0 bridgehead atoms. The van der Waals surface area contributed by atoms with Crippen LogP contribution in [0.3, 0.4) is 0 Å². The minimum Gasteiger partial charge on any atom is -0.497 e. The third-order valence-electron chi connectivity index (χ3n) is 3.32. The van der Waals surface area contributed by atoms with Gasteiger partial charge in [-0.3, -0.25) is 8.89 Å². The Balaban J connectivity index is 2.27. The molecular weight excluding hydrogens is 286 g/mol. The number of ether oxygens (including phenoxy) is 1. The summed E-state index contributed by atoms with van der Waals surface area (Å²) in [5, 5.41) is 4.48. The third kappa shape index (κ3) is 3.44. The Bertz CT molecular complexity index is 652. The standard InChI is InChI=1S/C15H21N3O2S/c1-4-11-8-12(18(5-2)17-11)10-21(19)15-9-13(20-3)6-7-14(15)16/h6-9H,4-5,10,16H2,1-3H3. The predicted octanol–water partition coefficient (Wildman–Crippen LogP) is 2.36.